The number of nitrogens with zero attached hydrogens (tertiary/aromatic N) is 1. The van der Waals surface area contributed by atoms with Gasteiger partial charge in [-0.3, -0.25) is 4.79 Å². The monoisotopic (exact) mass is 349 g/mol. The van der Waals surface area contributed by atoms with Crippen molar-refractivity contribution in [1.82, 2.24) is 0 Å². The van der Waals surface area contributed by atoms with Crippen molar-refractivity contribution in [3.05, 3.63) is 23.8 Å². The highest BCUT2D eigenvalue weighted by Crippen LogP contribution is 2.39. The van der Waals surface area contributed by atoms with Crippen molar-refractivity contribution in [1.29, 1.82) is 0 Å². The van der Waals surface area contributed by atoms with Crippen LogP contribution in [0.3, 0.4) is 0 Å². The Hall–Kier alpha value is -2.12. The fourth-order valence-corrected chi connectivity index (χ4v) is 3.32. The number of hydrogen-bond acceptors (Lipinski definition) is 5. The molecule has 7 heteroatoms. The zero-order chi connectivity index (χ0) is 18.6. The van der Waals surface area contributed by atoms with Crippen molar-refractivity contribution < 1.29 is 19.8 Å². The van der Waals surface area contributed by atoms with Gasteiger partial charge >= 0.3 is 5.97 Å². The molecule has 0 spiro atoms. The lowest BCUT2D eigenvalue weighted by Crippen LogP contribution is -2.54. The minimum Gasteiger partial charge on any atom is -0.478 e. The van der Waals surface area contributed by atoms with Gasteiger partial charge in [0, 0.05) is 19.0 Å². The summed E-state index contributed by atoms with van der Waals surface area (Å²) in [6, 6.07) is 4.79. The van der Waals surface area contributed by atoms with Crippen molar-refractivity contribution in [2.24, 2.45) is 5.73 Å². The lowest BCUT2D eigenvalue weighted by Gasteiger charge is -2.37. The van der Waals surface area contributed by atoms with E-state index in [1.54, 1.807) is 17.0 Å². The van der Waals surface area contributed by atoms with E-state index < -0.39 is 11.5 Å². The van der Waals surface area contributed by atoms with Crippen molar-refractivity contribution >= 4 is 23.3 Å². The van der Waals surface area contributed by atoms with Crippen LogP contribution in [-0.4, -0.2) is 46.8 Å². The number of hydrogen-bond donors (Lipinski definition) is 4. The molecule has 25 heavy (non-hydrogen) atoms. The molecule has 0 radical (unpaired) electrons. The molecule has 1 aromatic carbocycles. The third-order valence-electron chi connectivity index (χ3n) is 5.03. The van der Waals surface area contributed by atoms with Gasteiger partial charge in [0.25, 0.3) is 0 Å². The van der Waals surface area contributed by atoms with E-state index in [1.807, 2.05) is 13.8 Å². The Morgan fingerprint density at radius 2 is 2.08 bits per heavy atom. The molecule has 0 bridgehead atoms. The Morgan fingerprint density at radius 1 is 1.40 bits per heavy atom. The first-order chi connectivity index (χ1) is 11.9. The van der Waals surface area contributed by atoms with Crippen LogP contribution in [0.5, 0.6) is 0 Å². The number of nitrogens with one attached hydrogen (secondary N) is 1. The number of aliphatic hydroxyl groups is 1. The molecule has 5 N–H and O–H groups in total. The molecule has 0 unspecified atom stereocenters. The van der Waals surface area contributed by atoms with Gasteiger partial charge < -0.3 is 26.2 Å². The zero-order valence-electron chi connectivity index (χ0n) is 14.8. The minimum atomic E-state index is -1.03. The van der Waals surface area contributed by atoms with Gasteiger partial charge in [0.1, 0.15) is 0 Å². The minimum absolute atomic E-state index is 0.116. The van der Waals surface area contributed by atoms with Crippen molar-refractivity contribution in [2.75, 3.05) is 23.4 Å². The van der Waals surface area contributed by atoms with Crippen molar-refractivity contribution in [2.45, 2.75) is 51.1 Å². The zero-order valence-corrected chi connectivity index (χ0v) is 14.8. The second kappa shape index (κ2) is 7.84. The predicted molar refractivity (Wildman–Crippen MR) is 97.0 cm³/mol. The highest BCUT2D eigenvalue weighted by molar-refractivity contribution is 6.01. The molecule has 0 aromatic heterocycles. The van der Waals surface area contributed by atoms with Crippen molar-refractivity contribution in [3.8, 4) is 0 Å². The maximum Gasteiger partial charge on any atom is 0.335 e. The summed E-state index contributed by atoms with van der Waals surface area (Å²) in [5.74, 6) is -1.14. The second-order valence-electron chi connectivity index (χ2n) is 6.51. The standard InChI is InChI=1S/C18H27N3O4/c1-3-13(4-2)20-14-9-12(17(24)25)5-6-15(14)21-16(23)7-8-18(21,10-19)11-22/h5-6,9,13,20,22H,3-4,7-8,10-11,19H2,1-2H3,(H,24,25)/t18-/m1/s1. The van der Waals surface area contributed by atoms with E-state index in [0.717, 1.165) is 12.8 Å². The summed E-state index contributed by atoms with van der Waals surface area (Å²) < 4.78 is 0. The average molecular weight is 349 g/mol. The fourth-order valence-electron chi connectivity index (χ4n) is 3.32. The van der Waals surface area contributed by atoms with Crippen LogP contribution in [0.2, 0.25) is 0 Å². The van der Waals surface area contributed by atoms with Crippen LogP contribution in [0.4, 0.5) is 11.4 Å². The van der Waals surface area contributed by atoms with E-state index in [4.69, 9.17) is 5.73 Å². The maximum absolute atomic E-state index is 12.5. The molecular weight excluding hydrogens is 322 g/mol. The first-order valence-electron chi connectivity index (χ1n) is 8.70. The number of nitrogens with two attached hydrogens (primary N) is 1. The third-order valence-corrected chi connectivity index (χ3v) is 5.03. The van der Waals surface area contributed by atoms with Crippen LogP contribution in [0.15, 0.2) is 18.2 Å². The van der Waals surface area contributed by atoms with Crippen LogP contribution in [-0.2, 0) is 4.79 Å². The highest BCUT2D eigenvalue weighted by Gasteiger charge is 2.45. The third kappa shape index (κ3) is 3.62. The summed E-state index contributed by atoms with van der Waals surface area (Å²) >= 11 is 0. The summed E-state index contributed by atoms with van der Waals surface area (Å²) in [6.45, 7) is 3.99. The van der Waals surface area contributed by atoms with Crippen LogP contribution in [0.25, 0.3) is 0 Å². The number of anilines is 2. The smallest absolute Gasteiger partial charge is 0.335 e. The number of aromatic carboxylic acids is 1. The quantitative estimate of drug-likeness (QED) is 0.569. The molecule has 1 fully saturated rings. The summed E-state index contributed by atoms with van der Waals surface area (Å²) in [7, 11) is 0. The van der Waals surface area contributed by atoms with E-state index in [-0.39, 0.29) is 30.7 Å². The lowest BCUT2D eigenvalue weighted by molar-refractivity contribution is -0.117. The number of carbonyl (C=O) groups is 2. The molecule has 7 nitrogen and oxygen atoms in total. The molecular formula is C18H27N3O4. The Morgan fingerprint density at radius 3 is 2.60 bits per heavy atom. The van der Waals surface area contributed by atoms with Crippen LogP contribution in [0, 0.1) is 0 Å². The number of carboxylic acid groups (broad SMARTS) is 1. The summed E-state index contributed by atoms with van der Waals surface area (Å²) in [5, 5.41) is 22.5. The number of aliphatic hydroxyl groups excluding tert-OH is 1. The van der Waals surface area contributed by atoms with E-state index in [0.29, 0.717) is 24.2 Å². The Balaban J connectivity index is 2.54. The molecule has 1 aliphatic heterocycles. The largest absolute Gasteiger partial charge is 0.478 e. The Kier molecular flexibility index (Phi) is 6.02. The van der Waals surface area contributed by atoms with Gasteiger partial charge in [-0.1, -0.05) is 13.8 Å². The lowest BCUT2D eigenvalue weighted by atomic mass is 9.96. The maximum atomic E-state index is 12.5. The highest BCUT2D eigenvalue weighted by atomic mass is 16.4. The van der Waals surface area contributed by atoms with Crippen LogP contribution >= 0.6 is 0 Å². The summed E-state index contributed by atoms with van der Waals surface area (Å²) in [6.07, 6.45) is 2.51. The number of amides is 1. The Labute approximate surface area is 147 Å². The molecule has 138 valence electrons. The van der Waals surface area contributed by atoms with Gasteiger partial charge in [0.05, 0.1) is 29.1 Å². The Bertz CT molecular complexity index is 639. The normalized spacial score (nSPS) is 20.4. The average Bonchev–Trinajstić information content (AvgIpc) is 2.96. The molecule has 1 aromatic rings. The van der Waals surface area contributed by atoms with Crippen LogP contribution in [0.1, 0.15) is 49.9 Å². The first kappa shape index (κ1) is 19.2. The molecule has 1 heterocycles. The number of carboxylic acids is 1. The van der Waals surface area contributed by atoms with E-state index in [9.17, 15) is 19.8 Å². The molecule has 1 amide bonds. The molecule has 1 aliphatic rings. The fraction of sp³-hybridized carbons (Fsp3) is 0.556. The topological polar surface area (TPSA) is 116 Å². The van der Waals surface area contributed by atoms with E-state index >= 15 is 0 Å². The molecule has 1 saturated heterocycles. The van der Waals surface area contributed by atoms with Crippen molar-refractivity contribution in [3.63, 3.8) is 0 Å². The molecule has 0 aliphatic carbocycles. The van der Waals surface area contributed by atoms with E-state index in [1.165, 1.54) is 6.07 Å². The van der Waals surface area contributed by atoms with Gasteiger partial charge in [0.2, 0.25) is 5.91 Å². The second-order valence-corrected chi connectivity index (χ2v) is 6.51. The summed E-state index contributed by atoms with van der Waals surface area (Å²) in [4.78, 5) is 25.4. The SMILES string of the molecule is CCC(CC)Nc1cc(C(=O)O)ccc1N1C(=O)CC[C@@]1(CN)CO. The summed E-state index contributed by atoms with van der Waals surface area (Å²) in [5.41, 5.74) is 6.33. The van der Waals surface area contributed by atoms with Gasteiger partial charge in [-0.2, -0.15) is 0 Å². The number of benzene rings is 1. The van der Waals surface area contributed by atoms with Gasteiger partial charge in [-0.25, -0.2) is 4.79 Å². The molecule has 2 rings (SSSR count). The van der Waals surface area contributed by atoms with E-state index in [2.05, 4.69) is 5.32 Å². The van der Waals surface area contributed by atoms with Gasteiger partial charge in [-0.05, 0) is 37.5 Å². The first-order valence-corrected chi connectivity index (χ1v) is 8.70. The number of rotatable bonds is 8. The molecule has 0 saturated carbocycles. The number of carbonyl (C=O) groups excluding carboxylic acids is 1. The molecule has 1 atom stereocenters. The predicted octanol–water partition coefficient (Wildman–Crippen LogP) is 1.80. The van der Waals surface area contributed by atoms with Crippen LogP contribution < -0.4 is 16.0 Å². The van der Waals surface area contributed by atoms with Gasteiger partial charge in [-0.15, -0.1) is 0 Å². The van der Waals surface area contributed by atoms with Gasteiger partial charge in [0.15, 0.2) is 0 Å².